The monoisotopic (exact) mass is 341 g/mol. The van der Waals surface area contributed by atoms with Gasteiger partial charge in [-0.15, -0.1) is 0 Å². The van der Waals surface area contributed by atoms with Gasteiger partial charge in [-0.1, -0.05) is 15.9 Å². The van der Waals surface area contributed by atoms with Gasteiger partial charge in [-0.05, 0) is 51.0 Å². The second kappa shape index (κ2) is 6.46. The Kier molecular flexibility index (Phi) is 5.10. The van der Waals surface area contributed by atoms with E-state index in [1.807, 2.05) is 12.1 Å². The summed E-state index contributed by atoms with van der Waals surface area (Å²) in [6.45, 7) is 8.38. The number of hydrogen-bond donors (Lipinski definition) is 1. The van der Waals surface area contributed by atoms with Crippen molar-refractivity contribution in [2.45, 2.75) is 38.8 Å². The normalized spacial score (nSPS) is 23.1. The minimum absolute atomic E-state index is 0.134. The Hall–Kier alpha value is -0.580. The Morgan fingerprint density at radius 2 is 2.15 bits per heavy atom. The number of benzene rings is 1. The molecule has 0 radical (unpaired) electrons. The van der Waals surface area contributed by atoms with Gasteiger partial charge in [-0.3, -0.25) is 0 Å². The lowest BCUT2D eigenvalue weighted by atomic mass is 9.94. The van der Waals surface area contributed by atoms with E-state index in [2.05, 4.69) is 48.1 Å². The quantitative estimate of drug-likeness (QED) is 0.900. The molecule has 1 aliphatic heterocycles. The number of halogens is 1. The lowest BCUT2D eigenvalue weighted by molar-refractivity contribution is 0.0882. The van der Waals surface area contributed by atoms with Gasteiger partial charge in [0.05, 0.1) is 13.2 Å². The zero-order chi connectivity index (χ0) is 14.8. The molecule has 2 unspecified atom stereocenters. The van der Waals surface area contributed by atoms with E-state index in [0.717, 1.165) is 29.8 Å². The van der Waals surface area contributed by atoms with Crippen molar-refractivity contribution in [3.8, 4) is 5.75 Å². The Balaban J connectivity index is 2.14. The first kappa shape index (κ1) is 15.8. The van der Waals surface area contributed by atoms with Crippen molar-refractivity contribution in [1.82, 2.24) is 5.32 Å². The van der Waals surface area contributed by atoms with Crippen molar-refractivity contribution in [3.63, 3.8) is 0 Å². The van der Waals surface area contributed by atoms with E-state index >= 15 is 0 Å². The predicted molar refractivity (Wildman–Crippen MR) is 85.2 cm³/mol. The Morgan fingerprint density at radius 1 is 1.40 bits per heavy atom. The summed E-state index contributed by atoms with van der Waals surface area (Å²) < 4.78 is 12.4. The summed E-state index contributed by atoms with van der Waals surface area (Å²) >= 11 is 3.63. The van der Waals surface area contributed by atoms with Crippen molar-refractivity contribution in [1.29, 1.82) is 0 Å². The summed E-state index contributed by atoms with van der Waals surface area (Å²) in [7, 11) is 1.70. The molecule has 3 nitrogen and oxygen atoms in total. The molecule has 1 fully saturated rings. The van der Waals surface area contributed by atoms with Crippen LogP contribution in [0.5, 0.6) is 5.75 Å². The highest BCUT2D eigenvalue weighted by Crippen LogP contribution is 2.39. The fraction of sp³-hybridized carbons (Fsp3) is 0.625. The molecule has 1 saturated heterocycles. The minimum atomic E-state index is 0.134. The molecule has 20 heavy (non-hydrogen) atoms. The zero-order valence-corrected chi connectivity index (χ0v) is 14.3. The average molecular weight is 342 g/mol. The second-order valence-corrected chi connectivity index (χ2v) is 7.21. The molecule has 1 aromatic carbocycles. The van der Waals surface area contributed by atoms with Crippen LogP contribution in [0.3, 0.4) is 0 Å². The average Bonchev–Trinajstić information content (AvgIpc) is 2.84. The van der Waals surface area contributed by atoms with E-state index in [0.29, 0.717) is 5.92 Å². The SMILES string of the molecule is COc1ccc(Br)c(C2OCCC2CNC(C)(C)C)c1. The van der Waals surface area contributed by atoms with Crippen LogP contribution in [0.25, 0.3) is 0 Å². The van der Waals surface area contributed by atoms with Crippen molar-refractivity contribution in [2.75, 3.05) is 20.3 Å². The van der Waals surface area contributed by atoms with Gasteiger partial charge in [0.2, 0.25) is 0 Å². The summed E-state index contributed by atoms with van der Waals surface area (Å²) in [5, 5.41) is 3.59. The Morgan fingerprint density at radius 3 is 2.80 bits per heavy atom. The van der Waals surface area contributed by atoms with Crippen molar-refractivity contribution in [2.24, 2.45) is 5.92 Å². The van der Waals surface area contributed by atoms with Crippen LogP contribution in [0, 0.1) is 5.92 Å². The van der Waals surface area contributed by atoms with Crippen LogP contribution in [0.2, 0.25) is 0 Å². The highest BCUT2D eigenvalue weighted by atomic mass is 79.9. The van der Waals surface area contributed by atoms with E-state index in [9.17, 15) is 0 Å². The summed E-state index contributed by atoms with van der Waals surface area (Å²) in [6, 6.07) is 6.07. The van der Waals surface area contributed by atoms with E-state index in [4.69, 9.17) is 9.47 Å². The van der Waals surface area contributed by atoms with Crippen LogP contribution in [0.4, 0.5) is 0 Å². The lowest BCUT2D eigenvalue weighted by Crippen LogP contribution is -2.39. The van der Waals surface area contributed by atoms with Gasteiger partial charge in [-0.2, -0.15) is 0 Å². The third kappa shape index (κ3) is 3.96. The van der Waals surface area contributed by atoms with Crippen LogP contribution in [0.15, 0.2) is 22.7 Å². The van der Waals surface area contributed by atoms with Crippen molar-refractivity contribution in [3.05, 3.63) is 28.2 Å². The molecule has 0 saturated carbocycles. The molecule has 4 heteroatoms. The first-order valence-electron chi connectivity index (χ1n) is 7.11. The number of ether oxygens (including phenoxy) is 2. The number of hydrogen-bond acceptors (Lipinski definition) is 3. The van der Waals surface area contributed by atoms with Crippen LogP contribution in [-0.2, 0) is 4.74 Å². The van der Waals surface area contributed by atoms with Gasteiger partial charge in [0, 0.05) is 29.1 Å². The summed E-state index contributed by atoms with van der Waals surface area (Å²) in [5.74, 6) is 1.37. The Bertz CT molecular complexity index is 456. The van der Waals surface area contributed by atoms with Crippen LogP contribution in [0.1, 0.15) is 38.9 Å². The van der Waals surface area contributed by atoms with Crippen LogP contribution < -0.4 is 10.1 Å². The molecule has 1 aromatic rings. The van der Waals surface area contributed by atoms with Gasteiger partial charge >= 0.3 is 0 Å². The molecule has 0 amide bonds. The highest BCUT2D eigenvalue weighted by Gasteiger charge is 2.31. The molecule has 1 heterocycles. The van der Waals surface area contributed by atoms with Gasteiger partial charge in [-0.25, -0.2) is 0 Å². The Labute approximate surface area is 130 Å². The molecule has 0 aliphatic carbocycles. The molecule has 0 bridgehead atoms. The smallest absolute Gasteiger partial charge is 0.119 e. The first-order chi connectivity index (χ1) is 9.40. The molecule has 0 spiro atoms. The fourth-order valence-electron chi connectivity index (χ4n) is 2.49. The summed E-state index contributed by atoms with van der Waals surface area (Å²) in [6.07, 6.45) is 1.23. The zero-order valence-electron chi connectivity index (χ0n) is 12.7. The van der Waals surface area contributed by atoms with Crippen LogP contribution >= 0.6 is 15.9 Å². The molecular formula is C16H24BrNO2. The summed E-state index contributed by atoms with van der Waals surface area (Å²) in [4.78, 5) is 0. The van der Waals surface area contributed by atoms with Crippen molar-refractivity contribution < 1.29 is 9.47 Å². The van der Waals surface area contributed by atoms with Crippen molar-refractivity contribution >= 4 is 15.9 Å². The second-order valence-electron chi connectivity index (χ2n) is 6.36. The topological polar surface area (TPSA) is 30.5 Å². The van der Waals surface area contributed by atoms with E-state index in [-0.39, 0.29) is 11.6 Å². The molecular weight excluding hydrogens is 318 g/mol. The van der Waals surface area contributed by atoms with E-state index < -0.39 is 0 Å². The maximum atomic E-state index is 5.97. The third-order valence-electron chi connectivity index (χ3n) is 3.62. The third-order valence-corrected chi connectivity index (χ3v) is 4.34. The van der Waals surface area contributed by atoms with Gasteiger partial charge in [0.1, 0.15) is 5.75 Å². The van der Waals surface area contributed by atoms with Gasteiger partial charge < -0.3 is 14.8 Å². The molecule has 112 valence electrons. The van der Waals surface area contributed by atoms with Crippen LogP contribution in [-0.4, -0.2) is 25.8 Å². The maximum Gasteiger partial charge on any atom is 0.119 e. The molecule has 0 aromatic heterocycles. The number of rotatable bonds is 4. The standard InChI is InChI=1S/C16H24BrNO2/c1-16(2,3)18-10-11-7-8-20-15(11)13-9-12(19-4)5-6-14(13)17/h5-6,9,11,15,18H,7-8,10H2,1-4H3. The van der Waals surface area contributed by atoms with E-state index in [1.165, 1.54) is 5.56 Å². The number of methoxy groups -OCH3 is 1. The highest BCUT2D eigenvalue weighted by molar-refractivity contribution is 9.10. The maximum absolute atomic E-state index is 5.97. The predicted octanol–water partition coefficient (Wildman–Crippen LogP) is 3.92. The largest absolute Gasteiger partial charge is 0.497 e. The van der Waals surface area contributed by atoms with Gasteiger partial charge in [0.25, 0.3) is 0 Å². The summed E-state index contributed by atoms with van der Waals surface area (Å²) in [5.41, 5.74) is 1.32. The molecule has 1 N–H and O–H groups in total. The molecule has 1 aliphatic rings. The van der Waals surface area contributed by atoms with Gasteiger partial charge in [0.15, 0.2) is 0 Å². The minimum Gasteiger partial charge on any atom is -0.497 e. The molecule has 2 atom stereocenters. The van der Waals surface area contributed by atoms with E-state index in [1.54, 1.807) is 7.11 Å². The first-order valence-corrected chi connectivity index (χ1v) is 7.90. The molecule has 2 rings (SSSR count). The lowest BCUT2D eigenvalue weighted by Gasteiger charge is -2.26. The number of nitrogens with one attached hydrogen (secondary N) is 1. The fourth-order valence-corrected chi connectivity index (χ4v) is 2.96.